The number of hydrogen-bond donors (Lipinski definition) is 0. The highest BCUT2D eigenvalue weighted by Crippen LogP contribution is 2.30. The zero-order valence-electron chi connectivity index (χ0n) is 13.9. The molecule has 25 heavy (non-hydrogen) atoms. The molecule has 0 aliphatic carbocycles. The normalized spacial score (nSPS) is 16.1. The quantitative estimate of drug-likeness (QED) is 0.748. The minimum atomic E-state index is -3.29. The van der Waals surface area contributed by atoms with Crippen molar-refractivity contribution in [3.63, 3.8) is 0 Å². The summed E-state index contributed by atoms with van der Waals surface area (Å²) in [7, 11) is -1.98. The summed E-state index contributed by atoms with van der Waals surface area (Å²) in [5, 5.41) is 0. The summed E-state index contributed by atoms with van der Waals surface area (Å²) >= 11 is 0. The average molecular weight is 378 g/mol. The standard InChI is InChI=1S/C15H20F2N2O5S/c1-3-25(21,22)19-8-6-18(7-9-19)14(20)11-4-5-12(23-2)13(10-11)24-15(16)17/h4-5,10,15H,3,6-9H2,1-2H3. The molecule has 0 radical (unpaired) electrons. The van der Waals surface area contributed by atoms with Crippen LogP contribution in [0.1, 0.15) is 17.3 Å². The first kappa shape index (κ1) is 19.4. The SMILES string of the molecule is CCS(=O)(=O)N1CCN(C(=O)c2ccc(OC)c(OC(F)F)c2)CC1. The zero-order chi connectivity index (χ0) is 18.6. The number of piperazine rings is 1. The summed E-state index contributed by atoms with van der Waals surface area (Å²) in [5.74, 6) is -0.505. The van der Waals surface area contributed by atoms with Crippen molar-refractivity contribution in [2.24, 2.45) is 0 Å². The van der Waals surface area contributed by atoms with Crippen molar-refractivity contribution in [1.29, 1.82) is 0 Å². The molecule has 1 aliphatic rings. The topological polar surface area (TPSA) is 76.2 Å². The molecule has 0 bridgehead atoms. The van der Waals surface area contributed by atoms with Gasteiger partial charge in [-0.3, -0.25) is 4.79 Å². The van der Waals surface area contributed by atoms with Gasteiger partial charge in [-0.1, -0.05) is 0 Å². The highest BCUT2D eigenvalue weighted by atomic mass is 32.2. The molecule has 1 amide bonds. The molecule has 0 unspecified atom stereocenters. The van der Waals surface area contributed by atoms with Gasteiger partial charge in [-0.05, 0) is 25.1 Å². The first-order valence-corrected chi connectivity index (χ1v) is 9.29. The fraction of sp³-hybridized carbons (Fsp3) is 0.533. The van der Waals surface area contributed by atoms with Gasteiger partial charge in [-0.15, -0.1) is 0 Å². The number of ether oxygens (including phenoxy) is 2. The molecule has 0 N–H and O–H groups in total. The van der Waals surface area contributed by atoms with Gasteiger partial charge in [0.25, 0.3) is 5.91 Å². The molecule has 10 heteroatoms. The van der Waals surface area contributed by atoms with E-state index in [1.807, 2.05) is 0 Å². The van der Waals surface area contributed by atoms with E-state index >= 15 is 0 Å². The highest BCUT2D eigenvalue weighted by molar-refractivity contribution is 7.89. The molecule has 1 aliphatic heterocycles. The molecule has 0 saturated carbocycles. The van der Waals surface area contributed by atoms with E-state index in [1.54, 1.807) is 6.92 Å². The number of halogens is 2. The Morgan fingerprint density at radius 2 is 1.84 bits per heavy atom. The Kier molecular flexibility index (Phi) is 6.17. The number of carbonyl (C=O) groups excluding carboxylic acids is 1. The predicted molar refractivity (Wildman–Crippen MR) is 86.6 cm³/mol. The molecule has 1 aromatic carbocycles. The first-order chi connectivity index (χ1) is 11.8. The molecule has 2 rings (SSSR count). The molecule has 0 atom stereocenters. The fourth-order valence-corrected chi connectivity index (χ4v) is 3.62. The fourth-order valence-electron chi connectivity index (χ4n) is 2.53. The van der Waals surface area contributed by atoms with Crippen molar-refractivity contribution in [2.45, 2.75) is 13.5 Å². The third-order valence-electron chi connectivity index (χ3n) is 3.91. The van der Waals surface area contributed by atoms with Crippen LogP contribution < -0.4 is 9.47 Å². The number of amides is 1. The van der Waals surface area contributed by atoms with Crippen molar-refractivity contribution < 1.29 is 31.5 Å². The van der Waals surface area contributed by atoms with Crippen LogP contribution in [0.5, 0.6) is 11.5 Å². The van der Waals surface area contributed by atoms with E-state index in [4.69, 9.17) is 4.74 Å². The van der Waals surface area contributed by atoms with Crippen molar-refractivity contribution in [3.8, 4) is 11.5 Å². The van der Waals surface area contributed by atoms with Crippen molar-refractivity contribution in [3.05, 3.63) is 23.8 Å². The van der Waals surface area contributed by atoms with E-state index < -0.39 is 16.6 Å². The van der Waals surface area contributed by atoms with Crippen LogP contribution in [0.3, 0.4) is 0 Å². The predicted octanol–water partition coefficient (Wildman–Crippen LogP) is 1.40. The Labute approximate surface area is 145 Å². The largest absolute Gasteiger partial charge is 0.493 e. The van der Waals surface area contributed by atoms with Gasteiger partial charge >= 0.3 is 6.61 Å². The van der Waals surface area contributed by atoms with Gasteiger partial charge in [-0.25, -0.2) is 8.42 Å². The second kappa shape index (κ2) is 7.96. The van der Waals surface area contributed by atoms with Gasteiger partial charge in [0.15, 0.2) is 11.5 Å². The van der Waals surface area contributed by atoms with Crippen molar-refractivity contribution >= 4 is 15.9 Å². The smallest absolute Gasteiger partial charge is 0.387 e. The maximum Gasteiger partial charge on any atom is 0.387 e. The molecule has 0 spiro atoms. The summed E-state index contributed by atoms with van der Waals surface area (Å²) in [6.45, 7) is -0.599. The third kappa shape index (κ3) is 4.57. The Bertz CT molecular complexity index is 719. The molecule has 0 aromatic heterocycles. The van der Waals surface area contributed by atoms with Gasteiger partial charge in [0, 0.05) is 31.7 Å². The minimum absolute atomic E-state index is 0.00769. The molecule has 140 valence electrons. The Morgan fingerprint density at radius 1 is 1.20 bits per heavy atom. The van der Waals surface area contributed by atoms with E-state index in [0.717, 1.165) is 0 Å². The zero-order valence-corrected chi connectivity index (χ0v) is 14.8. The van der Waals surface area contributed by atoms with Crippen LogP contribution in [0.15, 0.2) is 18.2 Å². The van der Waals surface area contributed by atoms with Crippen LogP contribution >= 0.6 is 0 Å². The van der Waals surface area contributed by atoms with Crippen LogP contribution in [0, 0.1) is 0 Å². The summed E-state index contributed by atoms with van der Waals surface area (Å²) in [4.78, 5) is 14.0. The van der Waals surface area contributed by atoms with E-state index in [1.165, 1.54) is 34.5 Å². The van der Waals surface area contributed by atoms with E-state index in [2.05, 4.69) is 4.74 Å². The van der Waals surface area contributed by atoms with E-state index in [0.29, 0.717) is 0 Å². The van der Waals surface area contributed by atoms with Gasteiger partial charge < -0.3 is 14.4 Å². The number of alkyl halides is 2. The van der Waals surface area contributed by atoms with Crippen LogP contribution in [0.2, 0.25) is 0 Å². The number of sulfonamides is 1. The Hall–Kier alpha value is -1.94. The van der Waals surface area contributed by atoms with Gasteiger partial charge in [0.1, 0.15) is 0 Å². The van der Waals surface area contributed by atoms with E-state index in [-0.39, 0.29) is 54.9 Å². The maximum atomic E-state index is 12.5. The molecular formula is C15H20F2N2O5S. The van der Waals surface area contributed by atoms with E-state index in [9.17, 15) is 22.0 Å². The molecular weight excluding hydrogens is 358 g/mol. The monoisotopic (exact) mass is 378 g/mol. The number of methoxy groups -OCH3 is 1. The Morgan fingerprint density at radius 3 is 2.36 bits per heavy atom. The van der Waals surface area contributed by atoms with Crippen LogP contribution in [0.4, 0.5) is 8.78 Å². The number of rotatable bonds is 6. The molecule has 7 nitrogen and oxygen atoms in total. The second-order valence-corrected chi connectivity index (χ2v) is 7.59. The Balaban J connectivity index is 2.11. The molecule has 1 saturated heterocycles. The highest BCUT2D eigenvalue weighted by Gasteiger charge is 2.28. The summed E-state index contributed by atoms with van der Waals surface area (Å²) < 4.78 is 59.3. The van der Waals surface area contributed by atoms with Crippen LogP contribution in [-0.2, 0) is 10.0 Å². The molecule has 1 fully saturated rings. The van der Waals surface area contributed by atoms with Crippen molar-refractivity contribution in [2.75, 3.05) is 39.0 Å². The number of hydrogen-bond acceptors (Lipinski definition) is 5. The van der Waals surface area contributed by atoms with Gasteiger partial charge in [0.2, 0.25) is 10.0 Å². The average Bonchev–Trinajstić information content (AvgIpc) is 2.60. The summed E-state index contributed by atoms with van der Waals surface area (Å²) in [6, 6.07) is 4.03. The second-order valence-electron chi connectivity index (χ2n) is 5.34. The third-order valence-corrected chi connectivity index (χ3v) is 5.79. The lowest BCUT2D eigenvalue weighted by Gasteiger charge is -2.33. The lowest BCUT2D eigenvalue weighted by atomic mass is 10.1. The summed E-state index contributed by atoms with van der Waals surface area (Å²) in [5.41, 5.74) is 0.170. The number of nitrogens with zero attached hydrogens (tertiary/aromatic N) is 2. The van der Waals surface area contributed by atoms with Crippen LogP contribution in [0.25, 0.3) is 0 Å². The lowest BCUT2D eigenvalue weighted by molar-refractivity contribution is -0.0512. The minimum Gasteiger partial charge on any atom is -0.493 e. The number of carbonyl (C=O) groups is 1. The first-order valence-electron chi connectivity index (χ1n) is 7.68. The number of benzene rings is 1. The summed E-state index contributed by atoms with van der Waals surface area (Å²) in [6.07, 6.45) is 0. The van der Waals surface area contributed by atoms with Gasteiger partial charge in [0.05, 0.1) is 12.9 Å². The van der Waals surface area contributed by atoms with Gasteiger partial charge in [-0.2, -0.15) is 13.1 Å². The lowest BCUT2D eigenvalue weighted by Crippen LogP contribution is -2.50. The molecule has 1 aromatic rings. The maximum absolute atomic E-state index is 12.5. The molecule has 1 heterocycles. The van der Waals surface area contributed by atoms with Crippen molar-refractivity contribution in [1.82, 2.24) is 9.21 Å². The van der Waals surface area contributed by atoms with Crippen LogP contribution in [-0.4, -0.2) is 69.2 Å².